The monoisotopic (exact) mass is 421 g/mol. The summed E-state index contributed by atoms with van der Waals surface area (Å²) in [6.45, 7) is 8.51. The van der Waals surface area contributed by atoms with Gasteiger partial charge in [0.15, 0.2) is 0 Å². The van der Waals surface area contributed by atoms with Gasteiger partial charge in [-0.3, -0.25) is 9.59 Å². The molecule has 8 nitrogen and oxygen atoms in total. The number of carbonyl (C=O) groups excluding carboxylic acids is 4. The van der Waals surface area contributed by atoms with Crippen molar-refractivity contribution in [3.05, 3.63) is 35.9 Å². The molecule has 0 bridgehead atoms. The lowest BCUT2D eigenvalue weighted by Crippen LogP contribution is -2.43. The SMILES string of the molecule is CC(C)OC(=O)[C@H](CCC(=O)CC(=O)OC(C)(C)C)NC(=O)OCc1ccccc1. The fourth-order valence-electron chi connectivity index (χ4n) is 2.40. The van der Waals surface area contributed by atoms with Gasteiger partial charge in [0.25, 0.3) is 0 Å². The van der Waals surface area contributed by atoms with E-state index in [0.29, 0.717) is 0 Å². The van der Waals surface area contributed by atoms with Gasteiger partial charge in [0.2, 0.25) is 0 Å². The Kier molecular flexibility index (Phi) is 10.0. The fourth-order valence-corrected chi connectivity index (χ4v) is 2.40. The molecule has 0 saturated heterocycles. The lowest BCUT2D eigenvalue weighted by molar-refractivity contribution is -0.156. The van der Waals surface area contributed by atoms with Crippen LogP contribution in [-0.4, -0.2) is 41.6 Å². The number of ketones is 1. The predicted molar refractivity (Wildman–Crippen MR) is 109 cm³/mol. The van der Waals surface area contributed by atoms with Crippen LogP contribution in [0, 0.1) is 0 Å². The molecule has 0 aliphatic heterocycles. The number of alkyl carbamates (subject to hydrolysis) is 1. The first kappa shape index (κ1) is 25.1. The van der Waals surface area contributed by atoms with Crippen molar-refractivity contribution in [2.24, 2.45) is 0 Å². The number of esters is 2. The summed E-state index contributed by atoms with van der Waals surface area (Å²) in [5.74, 6) is -1.71. The smallest absolute Gasteiger partial charge is 0.408 e. The van der Waals surface area contributed by atoms with Crippen LogP contribution < -0.4 is 5.32 Å². The van der Waals surface area contributed by atoms with Crippen LogP contribution in [0.4, 0.5) is 4.79 Å². The summed E-state index contributed by atoms with van der Waals surface area (Å²) < 4.78 is 15.4. The Labute approximate surface area is 177 Å². The fraction of sp³-hybridized carbons (Fsp3) is 0.545. The molecule has 1 N–H and O–H groups in total. The molecule has 1 rings (SSSR count). The van der Waals surface area contributed by atoms with E-state index in [9.17, 15) is 19.2 Å². The molecule has 0 saturated carbocycles. The molecule has 0 spiro atoms. The Morgan fingerprint density at radius 3 is 2.23 bits per heavy atom. The van der Waals surface area contributed by atoms with Gasteiger partial charge >= 0.3 is 18.0 Å². The second-order valence-corrected chi connectivity index (χ2v) is 8.08. The minimum absolute atomic E-state index is 0.0202. The Balaban J connectivity index is 2.60. The molecule has 30 heavy (non-hydrogen) atoms. The molecule has 0 fully saturated rings. The van der Waals surface area contributed by atoms with Crippen molar-refractivity contribution in [2.45, 2.75) is 78.2 Å². The molecular weight excluding hydrogens is 390 g/mol. The standard InChI is InChI=1S/C22H31NO7/c1-15(2)29-20(26)18(12-11-17(24)13-19(25)30-22(3,4)5)23-21(27)28-14-16-9-7-6-8-10-16/h6-10,15,18H,11-14H2,1-5H3,(H,23,27)/t18-/m0/s1. The lowest BCUT2D eigenvalue weighted by atomic mass is 10.1. The largest absolute Gasteiger partial charge is 0.461 e. The Morgan fingerprint density at radius 2 is 1.67 bits per heavy atom. The molecule has 0 heterocycles. The molecule has 0 aliphatic carbocycles. The van der Waals surface area contributed by atoms with Crippen molar-refractivity contribution in [1.82, 2.24) is 5.32 Å². The number of nitrogens with one attached hydrogen (secondary N) is 1. The van der Waals surface area contributed by atoms with E-state index in [2.05, 4.69) is 5.32 Å². The van der Waals surface area contributed by atoms with Crippen LogP contribution in [0.5, 0.6) is 0 Å². The van der Waals surface area contributed by atoms with Gasteiger partial charge in [0, 0.05) is 6.42 Å². The lowest BCUT2D eigenvalue weighted by Gasteiger charge is -2.20. The van der Waals surface area contributed by atoms with Gasteiger partial charge in [0.1, 0.15) is 30.5 Å². The number of ether oxygens (including phenoxy) is 3. The molecule has 0 aromatic heterocycles. The molecule has 0 aliphatic rings. The van der Waals surface area contributed by atoms with E-state index < -0.39 is 41.9 Å². The molecule has 0 unspecified atom stereocenters. The highest BCUT2D eigenvalue weighted by Gasteiger charge is 2.26. The molecule has 166 valence electrons. The Morgan fingerprint density at radius 1 is 1.03 bits per heavy atom. The van der Waals surface area contributed by atoms with E-state index in [1.165, 1.54) is 0 Å². The Bertz CT molecular complexity index is 723. The topological polar surface area (TPSA) is 108 Å². The minimum Gasteiger partial charge on any atom is -0.461 e. The zero-order valence-corrected chi connectivity index (χ0v) is 18.2. The van der Waals surface area contributed by atoms with Gasteiger partial charge in [0.05, 0.1) is 6.10 Å². The summed E-state index contributed by atoms with van der Waals surface area (Å²) in [7, 11) is 0. The first-order chi connectivity index (χ1) is 14.0. The van der Waals surface area contributed by atoms with E-state index in [0.717, 1.165) is 5.56 Å². The second kappa shape index (κ2) is 11.9. The number of Topliss-reactive ketones (excluding diaryl/α,β-unsaturated/α-hetero) is 1. The van der Waals surface area contributed by atoms with Crippen LogP contribution in [0.1, 0.15) is 59.4 Å². The molecule has 1 aromatic rings. The van der Waals surface area contributed by atoms with Crippen molar-refractivity contribution < 1.29 is 33.4 Å². The van der Waals surface area contributed by atoms with E-state index in [1.807, 2.05) is 18.2 Å². The maximum absolute atomic E-state index is 12.3. The van der Waals surface area contributed by atoms with Crippen LogP contribution in [0.2, 0.25) is 0 Å². The van der Waals surface area contributed by atoms with Gasteiger partial charge in [-0.2, -0.15) is 0 Å². The van der Waals surface area contributed by atoms with Gasteiger partial charge in [-0.15, -0.1) is 0 Å². The van der Waals surface area contributed by atoms with Gasteiger partial charge in [-0.25, -0.2) is 9.59 Å². The first-order valence-corrected chi connectivity index (χ1v) is 9.87. The van der Waals surface area contributed by atoms with E-state index in [-0.39, 0.29) is 25.6 Å². The highest BCUT2D eigenvalue weighted by molar-refractivity contribution is 5.96. The first-order valence-electron chi connectivity index (χ1n) is 9.87. The minimum atomic E-state index is -1.07. The normalized spacial score (nSPS) is 12.1. The zero-order valence-electron chi connectivity index (χ0n) is 18.2. The summed E-state index contributed by atoms with van der Waals surface area (Å²) in [6, 6.07) is 8.00. The molecule has 1 amide bonds. The number of rotatable bonds is 10. The summed E-state index contributed by atoms with van der Waals surface area (Å²) in [5.41, 5.74) is 0.104. The number of carbonyl (C=O) groups is 4. The van der Waals surface area contributed by atoms with Gasteiger partial charge in [-0.1, -0.05) is 30.3 Å². The van der Waals surface area contributed by atoms with Gasteiger partial charge in [-0.05, 0) is 46.6 Å². The quantitative estimate of drug-likeness (QED) is 0.351. The number of hydrogen-bond donors (Lipinski definition) is 1. The summed E-state index contributed by atoms with van der Waals surface area (Å²) in [6.07, 6.45) is -1.71. The predicted octanol–water partition coefficient (Wildman–Crippen LogP) is 3.31. The number of amides is 1. The van der Waals surface area contributed by atoms with Crippen molar-refractivity contribution in [3.63, 3.8) is 0 Å². The van der Waals surface area contributed by atoms with Crippen LogP contribution in [0.15, 0.2) is 30.3 Å². The third-order valence-electron chi connectivity index (χ3n) is 3.61. The maximum Gasteiger partial charge on any atom is 0.408 e. The summed E-state index contributed by atoms with van der Waals surface area (Å²) in [5, 5.41) is 2.44. The molecule has 1 aromatic carbocycles. The van der Waals surface area contributed by atoms with Crippen molar-refractivity contribution in [3.8, 4) is 0 Å². The third-order valence-corrected chi connectivity index (χ3v) is 3.61. The summed E-state index contributed by atoms with van der Waals surface area (Å²) >= 11 is 0. The second-order valence-electron chi connectivity index (χ2n) is 8.08. The van der Waals surface area contributed by atoms with Crippen LogP contribution in [0.3, 0.4) is 0 Å². The average molecular weight is 421 g/mol. The molecule has 8 heteroatoms. The van der Waals surface area contributed by atoms with E-state index >= 15 is 0 Å². The van der Waals surface area contributed by atoms with E-state index in [4.69, 9.17) is 14.2 Å². The number of benzene rings is 1. The highest BCUT2D eigenvalue weighted by atomic mass is 16.6. The highest BCUT2D eigenvalue weighted by Crippen LogP contribution is 2.11. The van der Waals surface area contributed by atoms with E-state index in [1.54, 1.807) is 46.8 Å². The molecular formula is C22H31NO7. The van der Waals surface area contributed by atoms with Crippen LogP contribution in [-0.2, 0) is 35.2 Å². The average Bonchev–Trinajstić information content (AvgIpc) is 2.62. The zero-order chi connectivity index (χ0) is 22.7. The molecule has 1 atom stereocenters. The number of hydrogen-bond acceptors (Lipinski definition) is 7. The Hall–Kier alpha value is -2.90. The van der Waals surface area contributed by atoms with Gasteiger partial charge < -0.3 is 19.5 Å². The third kappa shape index (κ3) is 11.2. The van der Waals surface area contributed by atoms with Crippen molar-refractivity contribution in [1.29, 1.82) is 0 Å². The summed E-state index contributed by atoms with van der Waals surface area (Å²) in [4.78, 5) is 48.2. The molecule has 0 radical (unpaired) electrons. The van der Waals surface area contributed by atoms with Crippen molar-refractivity contribution >= 4 is 23.8 Å². The maximum atomic E-state index is 12.3. The van der Waals surface area contributed by atoms with Crippen LogP contribution in [0.25, 0.3) is 0 Å². The van der Waals surface area contributed by atoms with Crippen LogP contribution >= 0.6 is 0 Å². The van der Waals surface area contributed by atoms with Crippen molar-refractivity contribution in [2.75, 3.05) is 0 Å².